The number of hydrogen-bond donors (Lipinski definition) is 1. The van der Waals surface area contributed by atoms with Crippen LogP contribution >= 0.6 is 0 Å². The highest BCUT2D eigenvalue weighted by Gasteiger charge is 2.22. The van der Waals surface area contributed by atoms with E-state index < -0.39 is 10.0 Å². The second-order valence-corrected chi connectivity index (χ2v) is 7.51. The summed E-state index contributed by atoms with van der Waals surface area (Å²) in [4.78, 5) is 12.2. The van der Waals surface area contributed by atoms with Gasteiger partial charge in [0.1, 0.15) is 0 Å². The van der Waals surface area contributed by atoms with E-state index in [9.17, 15) is 13.2 Å². The minimum Gasteiger partial charge on any atom is -0.352 e. The van der Waals surface area contributed by atoms with Gasteiger partial charge in [0, 0.05) is 19.2 Å². The molecule has 1 amide bonds. The van der Waals surface area contributed by atoms with Crippen LogP contribution in [0.5, 0.6) is 0 Å². The number of nitrogens with one attached hydrogen (secondary N) is 1. The Balaban J connectivity index is 2.31. The average molecular weight is 346 g/mol. The van der Waals surface area contributed by atoms with Crippen LogP contribution in [-0.4, -0.2) is 27.9 Å². The van der Waals surface area contributed by atoms with Gasteiger partial charge in [-0.25, -0.2) is 8.42 Å². The van der Waals surface area contributed by atoms with Gasteiger partial charge in [0.2, 0.25) is 0 Å². The summed E-state index contributed by atoms with van der Waals surface area (Å²) < 4.78 is 26.6. The first-order valence-corrected chi connectivity index (χ1v) is 9.24. The number of sulfonamides is 1. The number of rotatable bonds is 6. The fourth-order valence-electron chi connectivity index (χ4n) is 2.37. The highest BCUT2D eigenvalue weighted by Crippen LogP contribution is 2.26. The minimum absolute atomic E-state index is 0.153. The van der Waals surface area contributed by atoms with Crippen LogP contribution in [-0.2, 0) is 10.0 Å². The summed E-state index contributed by atoms with van der Waals surface area (Å²) in [6.07, 6.45) is 0.862. The Kier molecular flexibility index (Phi) is 5.62. The highest BCUT2D eigenvalue weighted by atomic mass is 32.2. The summed E-state index contributed by atoms with van der Waals surface area (Å²) in [5, 5.41) is 2.81. The third-order valence-corrected chi connectivity index (χ3v) is 5.52. The number of nitrogens with zero attached hydrogens (tertiary/aromatic N) is 1. The summed E-state index contributed by atoms with van der Waals surface area (Å²) in [7, 11) is -2.11. The predicted octanol–water partition coefficient (Wildman–Crippen LogP) is 2.96. The van der Waals surface area contributed by atoms with E-state index in [2.05, 4.69) is 5.32 Å². The van der Waals surface area contributed by atoms with E-state index in [1.807, 2.05) is 6.92 Å². The van der Waals surface area contributed by atoms with Gasteiger partial charge in [-0.3, -0.25) is 9.10 Å². The fourth-order valence-corrected chi connectivity index (χ4v) is 3.65. The number of amides is 1. The first kappa shape index (κ1) is 18.0. The molecule has 0 radical (unpaired) electrons. The summed E-state index contributed by atoms with van der Waals surface area (Å²) in [5.41, 5.74) is 1.79. The van der Waals surface area contributed by atoms with Crippen molar-refractivity contribution in [2.45, 2.75) is 25.2 Å². The Hall–Kier alpha value is -2.34. The molecule has 2 aromatic rings. The molecule has 2 rings (SSSR count). The lowest BCUT2D eigenvalue weighted by Crippen LogP contribution is -2.28. The topological polar surface area (TPSA) is 66.5 Å². The molecule has 0 aliphatic heterocycles. The molecule has 0 fully saturated rings. The predicted molar refractivity (Wildman–Crippen MR) is 95.8 cm³/mol. The summed E-state index contributed by atoms with van der Waals surface area (Å²) in [6.45, 7) is 4.39. The molecule has 2 aromatic carbocycles. The molecule has 1 N–H and O–H groups in total. The van der Waals surface area contributed by atoms with E-state index in [0.717, 1.165) is 12.0 Å². The van der Waals surface area contributed by atoms with Crippen molar-refractivity contribution >= 4 is 21.6 Å². The SMILES string of the molecule is CCCNC(=O)c1ccc(N(C)S(=O)(=O)c2ccccc2)c(C)c1. The number of aryl methyl sites for hydroxylation is 1. The third kappa shape index (κ3) is 3.76. The Morgan fingerprint density at radius 2 is 1.79 bits per heavy atom. The first-order chi connectivity index (χ1) is 11.4. The quantitative estimate of drug-likeness (QED) is 0.874. The van der Waals surface area contributed by atoms with E-state index >= 15 is 0 Å². The second-order valence-electron chi connectivity index (χ2n) is 5.54. The van der Waals surface area contributed by atoms with Crippen LogP contribution in [0.3, 0.4) is 0 Å². The van der Waals surface area contributed by atoms with Gasteiger partial charge in [0.25, 0.3) is 15.9 Å². The van der Waals surface area contributed by atoms with Gasteiger partial charge in [-0.05, 0) is 49.2 Å². The first-order valence-electron chi connectivity index (χ1n) is 7.80. The van der Waals surface area contributed by atoms with Crippen LogP contribution in [0, 0.1) is 6.92 Å². The van der Waals surface area contributed by atoms with Crippen molar-refractivity contribution in [3.05, 3.63) is 59.7 Å². The van der Waals surface area contributed by atoms with Crippen molar-refractivity contribution in [1.29, 1.82) is 0 Å². The molecule has 0 heterocycles. The standard InChI is InChI=1S/C18H22N2O3S/c1-4-12-19-18(21)15-10-11-17(14(2)13-15)20(3)24(22,23)16-8-6-5-7-9-16/h5-11,13H,4,12H2,1-3H3,(H,19,21). The average Bonchev–Trinajstić information content (AvgIpc) is 2.59. The molecular weight excluding hydrogens is 324 g/mol. The lowest BCUT2D eigenvalue weighted by atomic mass is 10.1. The zero-order valence-electron chi connectivity index (χ0n) is 14.1. The fraction of sp³-hybridized carbons (Fsp3) is 0.278. The largest absolute Gasteiger partial charge is 0.352 e. The molecule has 0 aliphatic carbocycles. The van der Waals surface area contributed by atoms with Gasteiger partial charge in [-0.1, -0.05) is 25.1 Å². The van der Waals surface area contributed by atoms with E-state index in [-0.39, 0.29) is 10.8 Å². The van der Waals surface area contributed by atoms with E-state index in [1.54, 1.807) is 55.5 Å². The van der Waals surface area contributed by atoms with Crippen LogP contribution in [0.4, 0.5) is 5.69 Å². The Labute approximate surface area is 143 Å². The van der Waals surface area contributed by atoms with Gasteiger partial charge in [0.15, 0.2) is 0 Å². The summed E-state index contributed by atoms with van der Waals surface area (Å²) >= 11 is 0. The van der Waals surface area contributed by atoms with Crippen LogP contribution in [0.25, 0.3) is 0 Å². The van der Waals surface area contributed by atoms with Crippen LogP contribution in [0.15, 0.2) is 53.4 Å². The van der Waals surface area contributed by atoms with E-state index in [0.29, 0.717) is 17.8 Å². The van der Waals surface area contributed by atoms with Crippen molar-refractivity contribution in [3.8, 4) is 0 Å². The lowest BCUT2D eigenvalue weighted by molar-refractivity contribution is 0.0953. The van der Waals surface area contributed by atoms with Crippen molar-refractivity contribution in [2.24, 2.45) is 0 Å². The number of carbonyl (C=O) groups excluding carboxylic acids is 1. The van der Waals surface area contributed by atoms with Gasteiger partial charge in [-0.2, -0.15) is 0 Å². The maximum atomic E-state index is 12.7. The van der Waals surface area contributed by atoms with Crippen molar-refractivity contribution in [2.75, 3.05) is 17.9 Å². The normalized spacial score (nSPS) is 11.1. The van der Waals surface area contributed by atoms with Crippen LogP contribution in [0.1, 0.15) is 29.3 Å². The molecule has 0 spiro atoms. The molecule has 5 nitrogen and oxygen atoms in total. The van der Waals surface area contributed by atoms with Crippen LogP contribution < -0.4 is 9.62 Å². The molecule has 0 aromatic heterocycles. The Bertz CT molecular complexity index is 817. The van der Waals surface area contributed by atoms with Gasteiger partial charge in [0.05, 0.1) is 10.6 Å². The van der Waals surface area contributed by atoms with E-state index in [1.165, 1.54) is 11.4 Å². The van der Waals surface area contributed by atoms with Gasteiger partial charge < -0.3 is 5.32 Å². The zero-order chi connectivity index (χ0) is 17.7. The highest BCUT2D eigenvalue weighted by molar-refractivity contribution is 7.92. The van der Waals surface area contributed by atoms with Gasteiger partial charge >= 0.3 is 0 Å². The minimum atomic E-state index is -3.63. The summed E-state index contributed by atoms with van der Waals surface area (Å²) in [5.74, 6) is -0.153. The number of carbonyl (C=O) groups is 1. The summed E-state index contributed by atoms with van der Waals surface area (Å²) in [6, 6.07) is 13.3. The van der Waals surface area contributed by atoms with Gasteiger partial charge in [-0.15, -0.1) is 0 Å². The molecular formula is C18H22N2O3S. The molecule has 0 aliphatic rings. The molecule has 24 heavy (non-hydrogen) atoms. The van der Waals surface area contributed by atoms with Crippen molar-refractivity contribution < 1.29 is 13.2 Å². The molecule has 0 saturated carbocycles. The maximum Gasteiger partial charge on any atom is 0.264 e. The third-order valence-electron chi connectivity index (χ3n) is 3.74. The second kappa shape index (κ2) is 7.49. The van der Waals surface area contributed by atoms with E-state index in [4.69, 9.17) is 0 Å². The molecule has 0 atom stereocenters. The van der Waals surface area contributed by atoms with Crippen molar-refractivity contribution in [1.82, 2.24) is 5.32 Å². The Morgan fingerprint density at radius 1 is 1.12 bits per heavy atom. The molecule has 128 valence electrons. The lowest BCUT2D eigenvalue weighted by Gasteiger charge is -2.22. The molecule has 0 saturated heterocycles. The molecule has 0 bridgehead atoms. The number of hydrogen-bond acceptors (Lipinski definition) is 3. The van der Waals surface area contributed by atoms with Crippen molar-refractivity contribution in [3.63, 3.8) is 0 Å². The number of anilines is 1. The zero-order valence-corrected chi connectivity index (χ0v) is 14.9. The Morgan fingerprint density at radius 3 is 2.38 bits per heavy atom. The molecule has 6 heteroatoms. The van der Waals surface area contributed by atoms with Crippen LogP contribution in [0.2, 0.25) is 0 Å². The molecule has 0 unspecified atom stereocenters. The monoisotopic (exact) mass is 346 g/mol. The smallest absolute Gasteiger partial charge is 0.264 e. The maximum absolute atomic E-state index is 12.7. The number of benzene rings is 2.